The van der Waals surface area contributed by atoms with Crippen LogP contribution >= 0.6 is 12.4 Å². The molecule has 3 N–H and O–H groups in total. The van der Waals surface area contributed by atoms with Crippen LogP contribution in [0.2, 0.25) is 0 Å². The Kier molecular flexibility index (Phi) is 12.2. The molecule has 0 spiro atoms. The van der Waals surface area contributed by atoms with E-state index in [-0.39, 0.29) is 19.0 Å². The highest BCUT2D eigenvalue weighted by Gasteiger charge is 1.80. The van der Waals surface area contributed by atoms with Crippen LogP contribution in [-0.2, 0) is 6.54 Å². The highest BCUT2D eigenvalue weighted by molar-refractivity contribution is 5.85. The van der Waals surface area contributed by atoms with E-state index in [1.165, 1.54) is 5.56 Å². The lowest BCUT2D eigenvalue weighted by molar-refractivity contribution is 0.318. The standard InChI is InChI=1S/C7H9N.C2H6O.ClH/c8-6-7-4-2-1-3-5-7;1-2-3;/h1-5H,6,8H2;3H,2H2,1H3;1H. The van der Waals surface area contributed by atoms with E-state index in [1.54, 1.807) is 6.92 Å². The van der Waals surface area contributed by atoms with E-state index >= 15 is 0 Å². The maximum Gasteiger partial charge on any atom is 0.0402 e. The first-order valence-corrected chi connectivity index (χ1v) is 3.70. The third kappa shape index (κ3) is 7.54. The number of halogens is 1. The molecule has 0 aliphatic rings. The third-order valence-electron chi connectivity index (χ3n) is 1.08. The Hall–Kier alpha value is -0.570. The number of aliphatic hydroxyl groups is 1. The van der Waals surface area contributed by atoms with Crippen molar-refractivity contribution in [2.24, 2.45) is 5.73 Å². The van der Waals surface area contributed by atoms with E-state index in [0.29, 0.717) is 6.54 Å². The van der Waals surface area contributed by atoms with Crippen molar-refractivity contribution in [2.45, 2.75) is 13.5 Å². The topological polar surface area (TPSA) is 46.2 Å². The molecule has 0 atom stereocenters. The van der Waals surface area contributed by atoms with Crippen LogP contribution in [0.1, 0.15) is 12.5 Å². The molecule has 0 aliphatic carbocycles. The SMILES string of the molecule is CCO.Cl.NCc1ccccc1. The molecule has 1 aromatic carbocycles. The summed E-state index contributed by atoms with van der Waals surface area (Å²) in [6, 6.07) is 9.99. The van der Waals surface area contributed by atoms with E-state index in [0.717, 1.165) is 0 Å². The highest BCUT2D eigenvalue weighted by Crippen LogP contribution is 1.94. The van der Waals surface area contributed by atoms with E-state index in [1.807, 2.05) is 30.3 Å². The normalized spacial score (nSPS) is 7.58. The van der Waals surface area contributed by atoms with Gasteiger partial charge in [0, 0.05) is 13.2 Å². The fourth-order valence-corrected chi connectivity index (χ4v) is 0.614. The molecular weight excluding hydrogens is 174 g/mol. The Balaban J connectivity index is 0. The summed E-state index contributed by atoms with van der Waals surface area (Å²) in [5.74, 6) is 0. The quantitative estimate of drug-likeness (QED) is 0.705. The summed E-state index contributed by atoms with van der Waals surface area (Å²) in [5.41, 5.74) is 6.54. The van der Waals surface area contributed by atoms with Gasteiger partial charge in [-0.3, -0.25) is 0 Å². The summed E-state index contributed by atoms with van der Waals surface area (Å²) in [4.78, 5) is 0. The van der Waals surface area contributed by atoms with Crippen molar-refractivity contribution in [1.82, 2.24) is 0 Å². The smallest absolute Gasteiger partial charge is 0.0402 e. The second kappa shape index (κ2) is 10.4. The van der Waals surface area contributed by atoms with Gasteiger partial charge in [-0.1, -0.05) is 30.3 Å². The second-order valence-electron chi connectivity index (χ2n) is 2.01. The average molecular weight is 190 g/mol. The molecule has 0 aromatic heterocycles. The van der Waals surface area contributed by atoms with E-state index in [4.69, 9.17) is 10.8 Å². The summed E-state index contributed by atoms with van der Waals surface area (Å²) in [7, 11) is 0. The largest absolute Gasteiger partial charge is 0.397 e. The molecule has 0 heterocycles. The molecule has 0 amide bonds. The van der Waals surface area contributed by atoms with E-state index in [2.05, 4.69) is 0 Å². The summed E-state index contributed by atoms with van der Waals surface area (Å²) < 4.78 is 0. The van der Waals surface area contributed by atoms with Crippen LogP contribution in [0.4, 0.5) is 0 Å². The second-order valence-corrected chi connectivity index (χ2v) is 2.01. The summed E-state index contributed by atoms with van der Waals surface area (Å²) >= 11 is 0. The molecule has 0 fully saturated rings. The number of aliphatic hydroxyl groups excluding tert-OH is 1. The van der Waals surface area contributed by atoms with Crippen LogP contribution in [0.15, 0.2) is 30.3 Å². The number of hydrogen-bond donors (Lipinski definition) is 2. The van der Waals surface area contributed by atoms with Gasteiger partial charge in [-0.05, 0) is 12.5 Å². The van der Waals surface area contributed by atoms with Crippen molar-refractivity contribution >= 4 is 12.4 Å². The lowest BCUT2D eigenvalue weighted by atomic mass is 10.2. The fraction of sp³-hybridized carbons (Fsp3) is 0.333. The van der Waals surface area contributed by atoms with Crippen molar-refractivity contribution < 1.29 is 5.11 Å². The number of benzene rings is 1. The Labute approximate surface area is 79.8 Å². The zero-order chi connectivity index (χ0) is 8.53. The Morgan fingerprint density at radius 1 is 1.25 bits per heavy atom. The predicted molar refractivity (Wildman–Crippen MR) is 54.3 cm³/mol. The van der Waals surface area contributed by atoms with Crippen molar-refractivity contribution in [3.63, 3.8) is 0 Å². The lowest BCUT2D eigenvalue weighted by Crippen LogP contribution is -1.94. The minimum atomic E-state index is 0. The van der Waals surface area contributed by atoms with Gasteiger partial charge in [-0.15, -0.1) is 12.4 Å². The molecule has 0 saturated heterocycles. The zero-order valence-electron chi connectivity index (χ0n) is 7.23. The third-order valence-corrected chi connectivity index (χ3v) is 1.08. The van der Waals surface area contributed by atoms with E-state index < -0.39 is 0 Å². The number of hydrogen-bond acceptors (Lipinski definition) is 2. The summed E-state index contributed by atoms with van der Waals surface area (Å²) in [6.45, 7) is 2.57. The van der Waals surface area contributed by atoms with Gasteiger partial charge in [0.15, 0.2) is 0 Å². The summed E-state index contributed by atoms with van der Waals surface area (Å²) in [5, 5.41) is 7.57. The number of nitrogens with two attached hydrogens (primary N) is 1. The molecule has 70 valence electrons. The fourth-order valence-electron chi connectivity index (χ4n) is 0.614. The molecule has 2 nitrogen and oxygen atoms in total. The van der Waals surface area contributed by atoms with Gasteiger partial charge in [-0.25, -0.2) is 0 Å². The molecule has 3 heteroatoms. The van der Waals surface area contributed by atoms with Gasteiger partial charge < -0.3 is 10.8 Å². The first-order valence-electron chi connectivity index (χ1n) is 3.70. The maximum atomic E-state index is 7.57. The van der Waals surface area contributed by atoms with Crippen LogP contribution in [0.3, 0.4) is 0 Å². The van der Waals surface area contributed by atoms with Crippen LogP contribution in [0.25, 0.3) is 0 Å². The number of rotatable bonds is 1. The van der Waals surface area contributed by atoms with Gasteiger partial charge in [0.2, 0.25) is 0 Å². The Bertz CT molecular complexity index is 167. The maximum absolute atomic E-state index is 7.57. The van der Waals surface area contributed by atoms with Crippen molar-refractivity contribution in [2.75, 3.05) is 6.61 Å². The van der Waals surface area contributed by atoms with Crippen molar-refractivity contribution in [3.8, 4) is 0 Å². The first-order chi connectivity index (χ1) is 5.35. The van der Waals surface area contributed by atoms with Crippen molar-refractivity contribution in [1.29, 1.82) is 0 Å². The highest BCUT2D eigenvalue weighted by atomic mass is 35.5. The molecule has 0 bridgehead atoms. The van der Waals surface area contributed by atoms with Gasteiger partial charge in [0.1, 0.15) is 0 Å². The molecule has 12 heavy (non-hydrogen) atoms. The van der Waals surface area contributed by atoms with Crippen LogP contribution in [0, 0.1) is 0 Å². The van der Waals surface area contributed by atoms with Gasteiger partial charge in [-0.2, -0.15) is 0 Å². The molecule has 0 unspecified atom stereocenters. The van der Waals surface area contributed by atoms with Crippen LogP contribution in [0.5, 0.6) is 0 Å². The molecule has 0 saturated carbocycles. The first kappa shape index (κ1) is 14.0. The Morgan fingerprint density at radius 3 is 1.92 bits per heavy atom. The molecule has 0 aliphatic heterocycles. The molecule has 1 rings (SSSR count). The molecule has 1 aromatic rings. The van der Waals surface area contributed by atoms with Gasteiger partial charge >= 0.3 is 0 Å². The van der Waals surface area contributed by atoms with Crippen LogP contribution < -0.4 is 5.73 Å². The molecular formula is C9H16ClNO. The zero-order valence-corrected chi connectivity index (χ0v) is 8.05. The Morgan fingerprint density at radius 2 is 1.67 bits per heavy atom. The van der Waals surface area contributed by atoms with Crippen molar-refractivity contribution in [3.05, 3.63) is 35.9 Å². The minimum absolute atomic E-state index is 0. The lowest BCUT2D eigenvalue weighted by Gasteiger charge is -1.90. The average Bonchev–Trinajstić information content (AvgIpc) is 2.08. The molecule has 0 radical (unpaired) electrons. The van der Waals surface area contributed by atoms with Crippen LogP contribution in [-0.4, -0.2) is 11.7 Å². The van der Waals surface area contributed by atoms with Gasteiger partial charge in [0.25, 0.3) is 0 Å². The predicted octanol–water partition coefficient (Wildman–Crippen LogP) is 1.57. The summed E-state index contributed by atoms with van der Waals surface area (Å²) in [6.07, 6.45) is 0. The monoisotopic (exact) mass is 189 g/mol. The van der Waals surface area contributed by atoms with E-state index in [9.17, 15) is 0 Å². The minimum Gasteiger partial charge on any atom is -0.397 e. The van der Waals surface area contributed by atoms with Gasteiger partial charge in [0.05, 0.1) is 0 Å².